The molecule has 5 heteroatoms. The zero-order valence-corrected chi connectivity index (χ0v) is 17.2. The van der Waals surface area contributed by atoms with E-state index in [1.54, 1.807) is 0 Å². The van der Waals surface area contributed by atoms with E-state index in [4.69, 9.17) is 4.98 Å². The van der Waals surface area contributed by atoms with Gasteiger partial charge in [0.2, 0.25) is 5.91 Å². The summed E-state index contributed by atoms with van der Waals surface area (Å²) in [6, 6.07) is 18.8. The Morgan fingerprint density at radius 3 is 2.57 bits per heavy atom. The van der Waals surface area contributed by atoms with Crippen molar-refractivity contribution < 1.29 is 4.79 Å². The van der Waals surface area contributed by atoms with Crippen LogP contribution in [0, 0.1) is 13.8 Å². The molecule has 1 aliphatic heterocycles. The number of para-hydroxylation sites is 1. The van der Waals surface area contributed by atoms with Crippen molar-refractivity contribution in [3.8, 4) is 0 Å². The minimum atomic E-state index is 0.196. The van der Waals surface area contributed by atoms with Crippen molar-refractivity contribution in [2.45, 2.75) is 18.9 Å². The Morgan fingerprint density at radius 1 is 1.00 bits per heavy atom. The van der Waals surface area contributed by atoms with Gasteiger partial charge < -0.3 is 9.80 Å². The first-order valence-corrected chi connectivity index (χ1v) is 10.7. The largest absolute Gasteiger partial charge is 0.368 e. The van der Waals surface area contributed by atoms with E-state index in [0.29, 0.717) is 5.75 Å². The van der Waals surface area contributed by atoms with Crippen LogP contribution >= 0.6 is 11.8 Å². The molecule has 4 rings (SSSR count). The predicted octanol–water partition coefficient (Wildman–Crippen LogP) is 4.29. The van der Waals surface area contributed by atoms with E-state index < -0.39 is 0 Å². The summed E-state index contributed by atoms with van der Waals surface area (Å²) < 4.78 is 0. The van der Waals surface area contributed by atoms with Gasteiger partial charge in [-0.05, 0) is 49.2 Å². The second kappa shape index (κ2) is 8.23. The van der Waals surface area contributed by atoms with Gasteiger partial charge in [-0.15, -0.1) is 0 Å². The Morgan fingerprint density at radius 2 is 1.79 bits per heavy atom. The van der Waals surface area contributed by atoms with Crippen molar-refractivity contribution in [3.63, 3.8) is 0 Å². The highest BCUT2D eigenvalue weighted by atomic mass is 32.2. The number of nitrogens with zero attached hydrogens (tertiary/aromatic N) is 3. The van der Waals surface area contributed by atoms with Gasteiger partial charge >= 0.3 is 0 Å². The molecule has 1 aromatic heterocycles. The van der Waals surface area contributed by atoms with Gasteiger partial charge in [0.15, 0.2) is 0 Å². The first kappa shape index (κ1) is 18.8. The predicted molar refractivity (Wildman–Crippen MR) is 117 cm³/mol. The maximum atomic E-state index is 12.7. The van der Waals surface area contributed by atoms with Gasteiger partial charge in [0, 0.05) is 37.3 Å². The Hall–Kier alpha value is -2.53. The molecule has 4 nitrogen and oxygen atoms in total. The van der Waals surface area contributed by atoms with Gasteiger partial charge in [-0.3, -0.25) is 4.79 Å². The molecular weight excluding hydrogens is 366 g/mol. The molecular formula is C23H25N3OS. The third-order valence-electron chi connectivity index (χ3n) is 5.24. The maximum Gasteiger partial charge on any atom is 0.233 e. The van der Waals surface area contributed by atoms with Crippen LogP contribution in [-0.4, -0.2) is 47.7 Å². The average Bonchev–Trinajstić information content (AvgIpc) is 2.72. The van der Waals surface area contributed by atoms with Crippen molar-refractivity contribution in [2.24, 2.45) is 0 Å². The second-order valence-corrected chi connectivity index (χ2v) is 8.29. The second-order valence-electron chi connectivity index (χ2n) is 7.29. The van der Waals surface area contributed by atoms with Gasteiger partial charge in [-0.25, -0.2) is 4.98 Å². The van der Waals surface area contributed by atoms with E-state index in [2.05, 4.69) is 55.1 Å². The molecule has 0 radical (unpaired) electrons. The summed E-state index contributed by atoms with van der Waals surface area (Å²) in [5.74, 6) is 0.636. The summed E-state index contributed by atoms with van der Waals surface area (Å²) in [6.45, 7) is 7.53. The lowest BCUT2D eigenvalue weighted by atomic mass is 10.1. The summed E-state index contributed by atoms with van der Waals surface area (Å²) >= 11 is 1.53. The number of benzene rings is 2. The molecule has 0 N–H and O–H groups in total. The Kier molecular flexibility index (Phi) is 5.53. The molecule has 2 heterocycles. The van der Waals surface area contributed by atoms with E-state index in [-0.39, 0.29) is 5.91 Å². The third-order valence-corrected chi connectivity index (χ3v) is 6.14. The molecule has 0 atom stereocenters. The van der Waals surface area contributed by atoms with Crippen molar-refractivity contribution in [3.05, 3.63) is 65.7 Å². The molecule has 0 bridgehead atoms. The van der Waals surface area contributed by atoms with Crippen LogP contribution in [0.25, 0.3) is 10.9 Å². The number of anilines is 1. The smallest absolute Gasteiger partial charge is 0.233 e. The van der Waals surface area contributed by atoms with Crippen molar-refractivity contribution in [2.75, 3.05) is 36.8 Å². The van der Waals surface area contributed by atoms with Gasteiger partial charge in [0.25, 0.3) is 0 Å². The fourth-order valence-electron chi connectivity index (χ4n) is 3.66. The van der Waals surface area contributed by atoms with Crippen LogP contribution in [0.3, 0.4) is 0 Å². The van der Waals surface area contributed by atoms with Gasteiger partial charge in [0.1, 0.15) is 0 Å². The SMILES string of the molecule is Cc1cccc(N2CCN(C(=O)CSc3cc(C)c4ccccc4n3)CC2)c1. The minimum Gasteiger partial charge on any atom is -0.368 e. The summed E-state index contributed by atoms with van der Waals surface area (Å²) in [6.07, 6.45) is 0. The lowest BCUT2D eigenvalue weighted by molar-refractivity contribution is -0.128. The number of hydrogen-bond acceptors (Lipinski definition) is 4. The number of carbonyl (C=O) groups excluding carboxylic acids is 1. The van der Waals surface area contributed by atoms with Crippen molar-refractivity contribution >= 4 is 34.3 Å². The van der Waals surface area contributed by atoms with Crippen LogP contribution in [-0.2, 0) is 4.79 Å². The average molecular weight is 392 g/mol. The quantitative estimate of drug-likeness (QED) is 0.622. The van der Waals surface area contributed by atoms with E-state index in [1.807, 2.05) is 23.1 Å². The molecule has 1 amide bonds. The molecule has 144 valence electrons. The molecule has 0 aliphatic carbocycles. The lowest BCUT2D eigenvalue weighted by Gasteiger charge is -2.36. The Bertz CT molecular complexity index is 996. The number of aromatic nitrogens is 1. The highest BCUT2D eigenvalue weighted by Gasteiger charge is 2.21. The Balaban J connectivity index is 1.34. The van der Waals surface area contributed by atoms with Crippen molar-refractivity contribution in [1.29, 1.82) is 0 Å². The number of pyridine rings is 1. The maximum absolute atomic E-state index is 12.7. The number of thioether (sulfide) groups is 1. The molecule has 28 heavy (non-hydrogen) atoms. The minimum absolute atomic E-state index is 0.196. The number of aryl methyl sites for hydroxylation is 2. The molecule has 0 unspecified atom stereocenters. The molecule has 2 aromatic carbocycles. The summed E-state index contributed by atoms with van der Waals surface area (Å²) in [4.78, 5) is 21.7. The van der Waals surface area contributed by atoms with Crippen LogP contribution in [0.15, 0.2) is 59.6 Å². The van der Waals surface area contributed by atoms with E-state index in [9.17, 15) is 4.79 Å². The molecule has 1 saturated heterocycles. The molecule has 0 spiro atoms. The highest BCUT2D eigenvalue weighted by Crippen LogP contribution is 2.24. The molecule has 3 aromatic rings. The van der Waals surface area contributed by atoms with Crippen LogP contribution in [0.1, 0.15) is 11.1 Å². The highest BCUT2D eigenvalue weighted by molar-refractivity contribution is 7.99. The van der Waals surface area contributed by atoms with Gasteiger partial charge in [-0.2, -0.15) is 0 Å². The van der Waals surface area contributed by atoms with Crippen LogP contribution in [0.4, 0.5) is 5.69 Å². The van der Waals surface area contributed by atoms with Crippen LogP contribution < -0.4 is 4.90 Å². The van der Waals surface area contributed by atoms with Crippen LogP contribution in [0.2, 0.25) is 0 Å². The summed E-state index contributed by atoms with van der Waals surface area (Å²) in [7, 11) is 0. The normalized spacial score (nSPS) is 14.5. The van der Waals surface area contributed by atoms with E-state index in [1.165, 1.54) is 34.0 Å². The van der Waals surface area contributed by atoms with Crippen molar-refractivity contribution in [1.82, 2.24) is 9.88 Å². The number of carbonyl (C=O) groups is 1. The fourth-order valence-corrected chi connectivity index (χ4v) is 4.54. The first-order valence-electron chi connectivity index (χ1n) is 9.69. The topological polar surface area (TPSA) is 36.4 Å². The zero-order valence-electron chi connectivity index (χ0n) is 16.4. The third kappa shape index (κ3) is 4.14. The fraction of sp³-hybridized carbons (Fsp3) is 0.304. The summed E-state index contributed by atoms with van der Waals surface area (Å²) in [5.41, 5.74) is 4.71. The lowest BCUT2D eigenvalue weighted by Crippen LogP contribution is -2.49. The number of rotatable bonds is 4. The van der Waals surface area contributed by atoms with Crippen LogP contribution in [0.5, 0.6) is 0 Å². The monoisotopic (exact) mass is 391 g/mol. The zero-order chi connectivity index (χ0) is 19.5. The number of amides is 1. The Labute approximate surface area is 170 Å². The van der Waals surface area contributed by atoms with E-state index >= 15 is 0 Å². The molecule has 1 fully saturated rings. The van der Waals surface area contributed by atoms with Gasteiger partial charge in [-0.1, -0.05) is 42.1 Å². The summed E-state index contributed by atoms with van der Waals surface area (Å²) in [5, 5.41) is 2.09. The molecule has 1 aliphatic rings. The van der Waals surface area contributed by atoms with E-state index in [0.717, 1.165) is 36.7 Å². The van der Waals surface area contributed by atoms with Gasteiger partial charge in [0.05, 0.1) is 16.3 Å². The molecule has 0 saturated carbocycles. The number of fused-ring (bicyclic) bond motifs is 1. The standard InChI is InChI=1S/C23H25N3OS/c1-17-6-5-7-19(14-17)25-10-12-26(13-11-25)23(27)16-28-22-15-18(2)20-8-3-4-9-21(20)24-22/h3-9,14-15H,10-13,16H2,1-2H3. The number of hydrogen-bond donors (Lipinski definition) is 0. The number of piperazine rings is 1. The first-order chi connectivity index (χ1) is 13.6.